The molecule has 1 atom stereocenters. The van der Waals surface area contributed by atoms with Gasteiger partial charge in [-0.3, -0.25) is 9.69 Å². The Morgan fingerprint density at radius 3 is 2.50 bits per heavy atom. The van der Waals surface area contributed by atoms with Gasteiger partial charge >= 0.3 is 0 Å². The average Bonchev–Trinajstić information content (AvgIpc) is 3.01. The Hall–Kier alpha value is -3.00. The molecule has 1 fully saturated rings. The predicted molar refractivity (Wildman–Crippen MR) is 176 cm³/mol. The number of amides is 1. The Morgan fingerprint density at radius 2 is 1.76 bits per heavy atom. The molecule has 2 aromatic rings. The van der Waals surface area contributed by atoms with Crippen molar-refractivity contribution in [2.75, 3.05) is 65.3 Å². The molecule has 0 saturated carbocycles. The van der Waals surface area contributed by atoms with Gasteiger partial charge in [-0.25, -0.2) is 0 Å². The number of hydrogen-bond acceptors (Lipinski definition) is 6. The molecule has 1 aliphatic rings. The summed E-state index contributed by atoms with van der Waals surface area (Å²) in [5.41, 5.74) is 6.47. The lowest BCUT2D eigenvalue weighted by molar-refractivity contribution is -0.126. The van der Waals surface area contributed by atoms with Gasteiger partial charge in [0.15, 0.2) is 0 Å². The zero-order valence-electron chi connectivity index (χ0n) is 26.2. The van der Waals surface area contributed by atoms with Crippen LogP contribution in [0, 0.1) is 0 Å². The predicted octanol–water partition coefficient (Wildman–Crippen LogP) is 4.54. The third-order valence-electron chi connectivity index (χ3n) is 8.44. The lowest BCUT2D eigenvalue weighted by atomic mass is 9.99. The topological polar surface area (TPSA) is 67.9 Å². The van der Waals surface area contributed by atoms with E-state index in [9.17, 15) is 9.59 Å². The summed E-state index contributed by atoms with van der Waals surface area (Å²) in [7, 11) is 5.80. The number of aryl methyl sites for hydroxylation is 2. The van der Waals surface area contributed by atoms with Crippen LogP contribution in [0.5, 0.6) is 0 Å². The fourth-order valence-electron chi connectivity index (χ4n) is 5.84. The number of aldehydes is 1. The van der Waals surface area contributed by atoms with E-state index in [1.165, 1.54) is 36.1 Å². The zero-order chi connectivity index (χ0) is 30.2. The minimum atomic E-state index is -0.336. The summed E-state index contributed by atoms with van der Waals surface area (Å²) in [6.45, 7) is 11.2. The van der Waals surface area contributed by atoms with E-state index in [1.807, 2.05) is 18.0 Å². The highest BCUT2D eigenvalue weighted by Crippen LogP contribution is 2.24. The highest BCUT2D eigenvalue weighted by Gasteiger charge is 2.22. The highest BCUT2D eigenvalue weighted by atomic mass is 16.2. The van der Waals surface area contributed by atoms with Crippen LogP contribution in [0.1, 0.15) is 60.8 Å². The number of piperazine rings is 1. The van der Waals surface area contributed by atoms with Gasteiger partial charge in [0, 0.05) is 51.9 Å². The Bertz CT molecular complexity index is 1110. The standard InChI is InChI=1S/C35H53N5O2/c1-5-30-19-18-29(27-32(30)28-39(4)34(17-12-26-41)35(42)36-2)13-11-21-37-20-10-6-7-14-31-15-8-9-16-33(31)40-24-22-38(3)23-25-40/h5,8-9,15-16,18-19,26-27,34,37H,1,6-7,10-14,17,20-25,28H2,2-4H3,(H,36,42). The number of nitrogens with zero attached hydrogens (tertiary/aromatic N) is 3. The molecule has 2 N–H and O–H groups in total. The van der Waals surface area contributed by atoms with Gasteiger partial charge in [0.1, 0.15) is 6.29 Å². The van der Waals surface area contributed by atoms with E-state index in [4.69, 9.17) is 0 Å². The number of para-hydroxylation sites is 1. The highest BCUT2D eigenvalue weighted by molar-refractivity contribution is 5.81. The molecule has 1 aliphatic heterocycles. The molecule has 0 spiro atoms. The van der Waals surface area contributed by atoms with Crippen molar-refractivity contribution in [3.63, 3.8) is 0 Å². The molecule has 230 valence electrons. The van der Waals surface area contributed by atoms with E-state index in [1.54, 1.807) is 7.05 Å². The van der Waals surface area contributed by atoms with Crippen LogP contribution in [0.4, 0.5) is 5.69 Å². The molecular formula is C35H53N5O2. The van der Waals surface area contributed by atoms with Crippen LogP contribution in [0.25, 0.3) is 6.08 Å². The summed E-state index contributed by atoms with van der Waals surface area (Å²) < 4.78 is 0. The van der Waals surface area contributed by atoms with Crippen LogP contribution in [0.3, 0.4) is 0 Å². The fourth-order valence-corrected chi connectivity index (χ4v) is 5.84. The summed E-state index contributed by atoms with van der Waals surface area (Å²) in [5.74, 6) is -0.0581. The summed E-state index contributed by atoms with van der Waals surface area (Å²) >= 11 is 0. The number of carbonyl (C=O) groups excluding carboxylic acids is 2. The Kier molecular flexibility index (Phi) is 14.8. The molecule has 1 amide bonds. The third kappa shape index (κ3) is 10.7. The Labute approximate surface area is 254 Å². The molecule has 0 aromatic heterocycles. The van der Waals surface area contributed by atoms with Gasteiger partial charge in [-0.15, -0.1) is 0 Å². The second kappa shape index (κ2) is 18.5. The summed E-state index contributed by atoms with van der Waals surface area (Å²) in [5, 5.41) is 6.37. The van der Waals surface area contributed by atoms with Gasteiger partial charge in [-0.1, -0.05) is 55.5 Å². The van der Waals surface area contributed by atoms with Crippen LogP contribution >= 0.6 is 0 Å². The Balaban J connectivity index is 1.36. The van der Waals surface area contributed by atoms with Gasteiger partial charge in [-0.05, 0) is 94.0 Å². The summed E-state index contributed by atoms with van der Waals surface area (Å²) in [4.78, 5) is 30.3. The molecule has 42 heavy (non-hydrogen) atoms. The molecule has 0 radical (unpaired) electrons. The fraction of sp³-hybridized carbons (Fsp3) is 0.543. The van der Waals surface area contributed by atoms with Gasteiger partial charge < -0.3 is 25.2 Å². The van der Waals surface area contributed by atoms with Crippen molar-refractivity contribution < 1.29 is 9.59 Å². The van der Waals surface area contributed by atoms with Crippen LogP contribution in [0.15, 0.2) is 49.0 Å². The summed E-state index contributed by atoms with van der Waals surface area (Å²) in [6, 6.07) is 15.2. The van der Waals surface area contributed by atoms with Gasteiger partial charge in [0.05, 0.1) is 6.04 Å². The molecule has 7 heteroatoms. The van der Waals surface area contributed by atoms with Crippen LogP contribution in [0.2, 0.25) is 0 Å². The number of hydrogen-bond donors (Lipinski definition) is 2. The normalized spacial score (nSPS) is 14.6. The van der Waals surface area contributed by atoms with Crippen molar-refractivity contribution in [2.45, 2.75) is 64.0 Å². The molecule has 1 heterocycles. The molecule has 7 nitrogen and oxygen atoms in total. The van der Waals surface area contributed by atoms with E-state index < -0.39 is 0 Å². The molecular weight excluding hydrogens is 522 g/mol. The maximum absolute atomic E-state index is 12.4. The van der Waals surface area contributed by atoms with E-state index in [0.29, 0.717) is 19.4 Å². The van der Waals surface area contributed by atoms with Crippen molar-refractivity contribution in [1.82, 2.24) is 20.4 Å². The minimum Gasteiger partial charge on any atom is -0.369 e. The molecule has 1 unspecified atom stereocenters. The largest absolute Gasteiger partial charge is 0.369 e. The number of likely N-dealkylation sites (N-methyl/N-ethyl adjacent to an activating group) is 3. The van der Waals surface area contributed by atoms with Crippen molar-refractivity contribution in [3.8, 4) is 0 Å². The quantitative estimate of drug-likeness (QED) is 0.189. The van der Waals surface area contributed by atoms with E-state index in [-0.39, 0.29) is 11.9 Å². The first kappa shape index (κ1) is 33.5. The molecule has 3 rings (SSSR count). The third-order valence-corrected chi connectivity index (χ3v) is 8.44. The lowest BCUT2D eigenvalue weighted by Crippen LogP contribution is -2.44. The second-order valence-corrected chi connectivity index (χ2v) is 11.6. The summed E-state index contributed by atoms with van der Waals surface area (Å²) in [6.07, 6.45) is 10.6. The van der Waals surface area contributed by atoms with Gasteiger partial charge in [-0.2, -0.15) is 0 Å². The van der Waals surface area contributed by atoms with E-state index >= 15 is 0 Å². The van der Waals surface area contributed by atoms with Crippen molar-refractivity contribution in [3.05, 3.63) is 71.3 Å². The number of rotatable bonds is 19. The van der Waals surface area contributed by atoms with Crippen LogP contribution in [-0.4, -0.2) is 88.4 Å². The first-order valence-corrected chi connectivity index (χ1v) is 15.8. The van der Waals surface area contributed by atoms with Gasteiger partial charge in [0.25, 0.3) is 0 Å². The molecule has 1 saturated heterocycles. The average molecular weight is 576 g/mol. The molecule has 0 bridgehead atoms. The first-order chi connectivity index (χ1) is 20.5. The number of nitrogens with one attached hydrogen (secondary N) is 2. The van der Waals surface area contributed by atoms with Crippen molar-refractivity contribution in [1.29, 1.82) is 0 Å². The SMILES string of the molecule is C=Cc1ccc(CCCNCCCCCc2ccccc2N2CCN(C)CC2)cc1CN(C)C(CCC=O)C(=O)NC. The first-order valence-electron chi connectivity index (χ1n) is 15.8. The monoisotopic (exact) mass is 575 g/mol. The minimum absolute atomic E-state index is 0.0581. The second-order valence-electron chi connectivity index (χ2n) is 11.6. The van der Waals surface area contributed by atoms with Crippen LogP contribution < -0.4 is 15.5 Å². The maximum atomic E-state index is 12.4. The van der Waals surface area contributed by atoms with E-state index in [0.717, 1.165) is 75.9 Å². The zero-order valence-corrected chi connectivity index (χ0v) is 26.2. The maximum Gasteiger partial charge on any atom is 0.237 e. The Morgan fingerprint density at radius 1 is 1.00 bits per heavy atom. The lowest BCUT2D eigenvalue weighted by Gasteiger charge is -2.35. The smallest absolute Gasteiger partial charge is 0.237 e. The van der Waals surface area contributed by atoms with Crippen molar-refractivity contribution >= 4 is 24.0 Å². The number of anilines is 1. The number of benzene rings is 2. The number of carbonyl (C=O) groups is 2. The van der Waals surface area contributed by atoms with E-state index in [2.05, 4.69) is 76.5 Å². The molecule has 0 aliphatic carbocycles. The van der Waals surface area contributed by atoms with Gasteiger partial charge in [0.2, 0.25) is 5.91 Å². The number of unbranched alkanes of at least 4 members (excludes halogenated alkanes) is 2. The molecule has 2 aromatic carbocycles. The van der Waals surface area contributed by atoms with Crippen LogP contribution in [-0.2, 0) is 29.0 Å². The van der Waals surface area contributed by atoms with Crippen molar-refractivity contribution in [2.24, 2.45) is 0 Å².